The van der Waals surface area contributed by atoms with Crippen LogP contribution in [0.3, 0.4) is 0 Å². The van der Waals surface area contributed by atoms with Crippen LogP contribution in [0.1, 0.15) is 12.5 Å². The normalized spacial score (nSPS) is 12.3. The maximum absolute atomic E-state index is 6.42. The third kappa shape index (κ3) is 5.09. The molecule has 0 aliphatic carbocycles. The summed E-state index contributed by atoms with van der Waals surface area (Å²) in [5, 5.41) is 1.16. The molecule has 0 bridgehead atoms. The minimum absolute atomic E-state index is 0.476. The van der Waals surface area contributed by atoms with Crippen LogP contribution < -0.4 is 25.4 Å². The SMILES string of the molecule is CCOc1ccc(Oc2ccc(CP(Br)(c3ccccc3)(c3ccccc3)c3ccccc3)cn2)c(Cl)c1. The van der Waals surface area contributed by atoms with Crippen molar-refractivity contribution in [1.29, 1.82) is 0 Å². The van der Waals surface area contributed by atoms with Crippen LogP contribution in [-0.4, -0.2) is 11.6 Å². The van der Waals surface area contributed by atoms with Crippen molar-refractivity contribution in [1.82, 2.24) is 4.98 Å². The Morgan fingerprint density at radius 3 is 1.74 bits per heavy atom. The van der Waals surface area contributed by atoms with Crippen LogP contribution in [0.25, 0.3) is 0 Å². The summed E-state index contributed by atoms with van der Waals surface area (Å²) in [4.78, 5) is 4.66. The molecule has 0 aliphatic heterocycles. The molecule has 0 saturated heterocycles. The number of hydrogen-bond acceptors (Lipinski definition) is 3. The number of aromatic nitrogens is 1. The standard InChI is InChI=1S/C32H28BrClNO2P/c1-2-36-26-19-20-31(30(34)22-26)37-32-21-18-25(23-35-32)24-38(33,27-12-6-3-7-13-27,28-14-8-4-9-15-28)29-16-10-5-11-17-29/h3-23H,2,24H2,1H3. The van der Waals surface area contributed by atoms with E-state index in [0.29, 0.717) is 29.0 Å². The van der Waals surface area contributed by atoms with Gasteiger partial charge in [0.2, 0.25) is 0 Å². The van der Waals surface area contributed by atoms with Crippen molar-refractivity contribution in [2.75, 3.05) is 6.61 Å². The summed E-state index contributed by atoms with van der Waals surface area (Å²) in [7, 11) is 0. The molecule has 1 heterocycles. The zero-order valence-electron chi connectivity index (χ0n) is 21.0. The van der Waals surface area contributed by atoms with Crippen LogP contribution in [0.5, 0.6) is 17.4 Å². The van der Waals surface area contributed by atoms with Gasteiger partial charge in [-0.3, -0.25) is 0 Å². The van der Waals surface area contributed by atoms with Crippen LogP contribution in [-0.2, 0) is 6.16 Å². The van der Waals surface area contributed by atoms with E-state index >= 15 is 0 Å². The van der Waals surface area contributed by atoms with Gasteiger partial charge in [-0.15, -0.1) is 0 Å². The molecule has 5 aromatic rings. The Labute approximate surface area is 237 Å². The Morgan fingerprint density at radius 1 is 0.737 bits per heavy atom. The van der Waals surface area contributed by atoms with Gasteiger partial charge in [-0.05, 0) is 6.92 Å². The molecule has 0 fully saturated rings. The molecule has 0 atom stereocenters. The van der Waals surface area contributed by atoms with Crippen molar-refractivity contribution in [2.24, 2.45) is 0 Å². The van der Waals surface area contributed by atoms with E-state index in [9.17, 15) is 0 Å². The molecule has 3 nitrogen and oxygen atoms in total. The zero-order valence-corrected chi connectivity index (χ0v) is 24.2. The summed E-state index contributed by atoms with van der Waals surface area (Å²) in [6.45, 7) is 2.51. The zero-order chi connectivity index (χ0) is 26.5. The first-order valence-corrected chi connectivity index (χ1v) is 17.3. The van der Waals surface area contributed by atoms with Gasteiger partial charge in [0.15, 0.2) is 0 Å². The minimum atomic E-state index is -3.10. The van der Waals surface area contributed by atoms with Crippen molar-refractivity contribution in [2.45, 2.75) is 13.1 Å². The van der Waals surface area contributed by atoms with Gasteiger partial charge in [0, 0.05) is 0 Å². The van der Waals surface area contributed by atoms with E-state index < -0.39 is 5.31 Å². The summed E-state index contributed by atoms with van der Waals surface area (Å²) in [5.41, 5.74) is 1.10. The topological polar surface area (TPSA) is 31.4 Å². The predicted molar refractivity (Wildman–Crippen MR) is 165 cm³/mol. The second-order valence-corrected chi connectivity index (χ2v) is 18.3. The van der Waals surface area contributed by atoms with Gasteiger partial charge < -0.3 is 0 Å². The molecular formula is C32H28BrClNO2P. The molecule has 192 valence electrons. The fraction of sp³-hybridized carbons (Fsp3) is 0.0938. The average molecular weight is 605 g/mol. The van der Waals surface area contributed by atoms with E-state index in [1.807, 2.05) is 25.3 Å². The maximum atomic E-state index is 6.42. The van der Waals surface area contributed by atoms with Gasteiger partial charge in [0.05, 0.1) is 0 Å². The number of ether oxygens (including phenoxy) is 2. The summed E-state index contributed by atoms with van der Waals surface area (Å²) >= 11 is 10.9. The third-order valence-corrected chi connectivity index (χ3v) is 16.4. The Morgan fingerprint density at radius 2 is 1.29 bits per heavy atom. The molecule has 0 radical (unpaired) electrons. The van der Waals surface area contributed by atoms with E-state index in [-0.39, 0.29) is 0 Å². The van der Waals surface area contributed by atoms with Gasteiger partial charge in [-0.25, -0.2) is 0 Å². The molecule has 0 spiro atoms. The molecule has 1 aromatic heterocycles. The van der Waals surface area contributed by atoms with Gasteiger partial charge in [-0.2, -0.15) is 0 Å². The van der Waals surface area contributed by atoms with Crippen LogP contribution in [0.15, 0.2) is 128 Å². The second kappa shape index (κ2) is 11.3. The van der Waals surface area contributed by atoms with E-state index in [1.54, 1.807) is 12.1 Å². The molecule has 5 rings (SSSR count). The Balaban J connectivity index is 1.55. The van der Waals surface area contributed by atoms with Crippen molar-refractivity contribution >= 4 is 48.3 Å². The molecule has 0 N–H and O–H groups in total. The number of rotatable bonds is 9. The molecule has 38 heavy (non-hydrogen) atoms. The fourth-order valence-corrected chi connectivity index (χ4v) is 12.7. The molecule has 4 aromatic carbocycles. The van der Waals surface area contributed by atoms with Crippen molar-refractivity contribution in [3.8, 4) is 17.4 Å². The molecular weight excluding hydrogens is 577 g/mol. The number of benzene rings is 4. The summed E-state index contributed by atoms with van der Waals surface area (Å²) in [5.74, 6) is 1.72. The predicted octanol–water partition coefficient (Wildman–Crippen LogP) is 8.27. The molecule has 6 heteroatoms. The molecule has 0 saturated carbocycles. The van der Waals surface area contributed by atoms with Crippen molar-refractivity contribution in [3.63, 3.8) is 0 Å². The van der Waals surface area contributed by atoms with Crippen LogP contribution >= 0.6 is 32.4 Å². The monoisotopic (exact) mass is 603 g/mol. The Bertz CT molecular complexity index is 1400. The molecule has 0 aliphatic rings. The van der Waals surface area contributed by atoms with Gasteiger partial charge in [-0.1, -0.05) is 0 Å². The number of halogens is 2. The Hall–Kier alpha value is -3.17. The first-order valence-electron chi connectivity index (χ1n) is 12.5. The third-order valence-electron chi connectivity index (χ3n) is 6.59. The van der Waals surface area contributed by atoms with E-state index in [1.165, 1.54) is 15.9 Å². The summed E-state index contributed by atoms with van der Waals surface area (Å²) < 4.78 is 11.5. The van der Waals surface area contributed by atoms with E-state index in [2.05, 4.69) is 118 Å². The second-order valence-electron chi connectivity index (χ2n) is 8.98. The summed E-state index contributed by atoms with van der Waals surface area (Å²) in [6.07, 6.45) is 2.65. The average Bonchev–Trinajstić information content (AvgIpc) is 2.97. The van der Waals surface area contributed by atoms with Gasteiger partial charge >= 0.3 is 231 Å². The first-order chi connectivity index (χ1) is 18.5. The van der Waals surface area contributed by atoms with Gasteiger partial charge in [0.1, 0.15) is 0 Å². The first kappa shape index (κ1) is 26.4. The Kier molecular flexibility index (Phi) is 7.85. The quantitative estimate of drug-likeness (QED) is 0.159. The molecule has 0 amide bonds. The van der Waals surface area contributed by atoms with E-state index in [4.69, 9.17) is 21.1 Å². The number of pyridine rings is 1. The van der Waals surface area contributed by atoms with Gasteiger partial charge in [0.25, 0.3) is 0 Å². The van der Waals surface area contributed by atoms with Crippen molar-refractivity contribution in [3.05, 3.63) is 138 Å². The summed E-state index contributed by atoms with van der Waals surface area (Å²) in [6, 6.07) is 41.6. The number of nitrogens with zero attached hydrogens (tertiary/aromatic N) is 1. The van der Waals surface area contributed by atoms with E-state index in [0.717, 1.165) is 11.7 Å². The van der Waals surface area contributed by atoms with Crippen LogP contribution in [0.4, 0.5) is 0 Å². The number of hydrogen-bond donors (Lipinski definition) is 0. The van der Waals surface area contributed by atoms with Crippen LogP contribution in [0.2, 0.25) is 5.02 Å². The van der Waals surface area contributed by atoms with Crippen molar-refractivity contribution < 1.29 is 9.47 Å². The van der Waals surface area contributed by atoms with Crippen LogP contribution in [0, 0.1) is 0 Å². The fourth-order valence-electron chi connectivity index (χ4n) is 4.78. The molecule has 0 unspecified atom stereocenters.